The van der Waals surface area contributed by atoms with Crippen LogP contribution in [0, 0.1) is 13.8 Å². The third-order valence-corrected chi connectivity index (χ3v) is 4.22. The highest BCUT2D eigenvalue weighted by atomic mass is 32.2. The van der Waals surface area contributed by atoms with Crippen molar-refractivity contribution in [3.63, 3.8) is 0 Å². The van der Waals surface area contributed by atoms with Crippen LogP contribution in [-0.4, -0.2) is 35.1 Å². The summed E-state index contributed by atoms with van der Waals surface area (Å²) in [5.74, 6) is -2.46. The molecular weight excluding hydrogens is 336 g/mol. The highest BCUT2D eigenvalue weighted by Gasteiger charge is 2.14. The molecule has 8 heteroatoms. The summed E-state index contributed by atoms with van der Waals surface area (Å²) >= 11 is 0. The Morgan fingerprint density at radius 1 is 0.833 bits per heavy atom. The molecule has 0 amide bonds. The van der Waals surface area contributed by atoms with Crippen LogP contribution in [0.4, 0.5) is 0 Å². The fourth-order valence-corrected chi connectivity index (χ4v) is 2.66. The first-order valence-electron chi connectivity index (χ1n) is 6.65. The first kappa shape index (κ1) is 19.3. The predicted molar refractivity (Wildman–Crippen MR) is 86.1 cm³/mol. The van der Waals surface area contributed by atoms with E-state index in [2.05, 4.69) is 0 Å². The van der Waals surface area contributed by atoms with Crippen LogP contribution in [0.5, 0.6) is 0 Å². The lowest BCUT2D eigenvalue weighted by atomic mass is 10.1. The Hall–Kier alpha value is -2.71. The largest absolute Gasteiger partial charge is 0.478 e. The molecule has 0 aliphatic rings. The summed E-state index contributed by atoms with van der Waals surface area (Å²) in [5.41, 5.74) is 1.07. The minimum atomic E-state index is -4.06. The van der Waals surface area contributed by atoms with Crippen LogP contribution in [0.1, 0.15) is 31.8 Å². The Balaban J connectivity index is 0.000000240. The van der Waals surface area contributed by atoms with Crippen molar-refractivity contribution >= 4 is 22.1 Å². The van der Waals surface area contributed by atoms with Gasteiger partial charge in [0.2, 0.25) is 0 Å². The Kier molecular flexibility index (Phi) is 6.21. The molecule has 24 heavy (non-hydrogen) atoms. The van der Waals surface area contributed by atoms with Crippen molar-refractivity contribution in [3.05, 3.63) is 64.7 Å². The van der Waals surface area contributed by atoms with Gasteiger partial charge in [0.25, 0.3) is 10.1 Å². The summed E-state index contributed by atoms with van der Waals surface area (Å²) in [6.07, 6.45) is 0. The second-order valence-electron chi connectivity index (χ2n) is 4.83. The number of rotatable bonds is 3. The molecule has 2 aromatic carbocycles. The van der Waals surface area contributed by atoms with Crippen LogP contribution < -0.4 is 0 Å². The van der Waals surface area contributed by atoms with Crippen LogP contribution in [0.15, 0.2) is 47.4 Å². The van der Waals surface area contributed by atoms with Crippen molar-refractivity contribution in [2.75, 3.05) is 0 Å². The Morgan fingerprint density at radius 3 is 1.62 bits per heavy atom. The molecule has 0 saturated heterocycles. The second kappa shape index (κ2) is 7.71. The van der Waals surface area contributed by atoms with Crippen molar-refractivity contribution in [1.29, 1.82) is 0 Å². The zero-order valence-corrected chi connectivity index (χ0v) is 13.7. The first-order chi connectivity index (χ1) is 11.1. The van der Waals surface area contributed by atoms with E-state index in [9.17, 15) is 18.0 Å². The van der Waals surface area contributed by atoms with Crippen molar-refractivity contribution < 1.29 is 32.8 Å². The van der Waals surface area contributed by atoms with Gasteiger partial charge in [-0.05, 0) is 43.2 Å². The van der Waals surface area contributed by atoms with Crippen molar-refractivity contribution in [3.8, 4) is 0 Å². The molecule has 2 rings (SSSR count). The molecule has 0 fully saturated rings. The van der Waals surface area contributed by atoms with E-state index in [1.165, 1.54) is 30.3 Å². The van der Waals surface area contributed by atoms with Crippen molar-refractivity contribution in [1.82, 2.24) is 0 Å². The molecule has 0 spiro atoms. The topological polar surface area (TPSA) is 129 Å². The Labute approximate surface area is 138 Å². The average molecular weight is 352 g/mol. The van der Waals surface area contributed by atoms with Crippen LogP contribution in [-0.2, 0) is 10.1 Å². The SMILES string of the molecule is Cc1cccc(S(=O)(=O)O)c1C.O=C(O)c1ccccc1C(=O)O. The van der Waals surface area contributed by atoms with Crippen LogP contribution >= 0.6 is 0 Å². The average Bonchev–Trinajstić information content (AvgIpc) is 2.49. The highest BCUT2D eigenvalue weighted by molar-refractivity contribution is 7.85. The van der Waals surface area contributed by atoms with E-state index in [0.717, 1.165) is 5.56 Å². The van der Waals surface area contributed by atoms with E-state index in [4.69, 9.17) is 14.8 Å². The zero-order valence-electron chi connectivity index (χ0n) is 12.9. The summed E-state index contributed by atoms with van der Waals surface area (Å²) < 4.78 is 30.3. The molecule has 0 bridgehead atoms. The number of benzene rings is 2. The van der Waals surface area contributed by atoms with Gasteiger partial charge in [0.05, 0.1) is 16.0 Å². The standard InChI is InChI=1S/C8H6O4.C8H10O3S/c9-7(10)5-3-1-2-4-6(5)8(11)12;1-6-4-3-5-8(7(6)2)12(9,10)11/h1-4H,(H,9,10)(H,11,12);3-5H,1-2H3,(H,9,10,11). The number of aromatic carboxylic acids is 2. The van der Waals surface area contributed by atoms with E-state index >= 15 is 0 Å². The minimum Gasteiger partial charge on any atom is -0.478 e. The van der Waals surface area contributed by atoms with E-state index < -0.39 is 22.1 Å². The van der Waals surface area contributed by atoms with Crippen LogP contribution in [0.2, 0.25) is 0 Å². The molecule has 7 nitrogen and oxygen atoms in total. The summed E-state index contributed by atoms with van der Waals surface area (Å²) in [4.78, 5) is 20.9. The van der Waals surface area contributed by atoms with Gasteiger partial charge in [-0.25, -0.2) is 9.59 Å². The van der Waals surface area contributed by atoms with E-state index in [-0.39, 0.29) is 16.0 Å². The van der Waals surface area contributed by atoms with Gasteiger partial charge in [0.15, 0.2) is 0 Å². The van der Waals surface area contributed by atoms with Gasteiger partial charge in [-0.1, -0.05) is 24.3 Å². The fraction of sp³-hybridized carbons (Fsp3) is 0.125. The molecule has 0 aliphatic carbocycles. The predicted octanol–water partition coefficient (Wildman–Crippen LogP) is 2.63. The van der Waals surface area contributed by atoms with Gasteiger partial charge in [0.1, 0.15) is 0 Å². The van der Waals surface area contributed by atoms with Gasteiger partial charge in [-0.15, -0.1) is 0 Å². The fourth-order valence-electron chi connectivity index (χ4n) is 1.86. The third-order valence-electron chi connectivity index (χ3n) is 3.22. The minimum absolute atomic E-state index is 0.0116. The summed E-state index contributed by atoms with van der Waals surface area (Å²) in [7, 11) is -4.06. The normalized spacial score (nSPS) is 10.5. The molecule has 0 aromatic heterocycles. The number of hydrogen-bond acceptors (Lipinski definition) is 4. The Morgan fingerprint density at radius 2 is 1.29 bits per heavy atom. The molecule has 3 N–H and O–H groups in total. The molecule has 0 radical (unpaired) electrons. The first-order valence-corrected chi connectivity index (χ1v) is 8.09. The summed E-state index contributed by atoms with van der Waals surface area (Å²) in [5, 5.41) is 17.1. The quantitative estimate of drug-likeness (QED) is 0.724. The molecule has 0 heterocycles. The number of carbonyl (C=O) groups is 2. The molecule has 0 aliphatic heterocycles. The Bertz CT molecular complexity index is 837. The van der Waals surface area contributed by atoms with E-state index in [1.807, 2.05) is 0 Å². The third kappa shape index (κ3) is 4.90. The zero-order chi connectivity index (χ0) is 18.5. The molecule has 128 valence electrons. The lowest BCUT2D eigenvalue weighted by molar-refractivity contribution is 0.0651. The lowest BCUT2D eigenvalue weighted by Gasteiger charge is -2.03. The lowest BCUT2D eigenvalue weighted by Crippen LogP contribution is -2.06. The smallest absolute Gasteiger partial charge is 0.336 e. The molecular formula is C16H16O7S. The van der Waals surface area contributed by atoms with E-state index in [1.54, 1.807) is 26.0 Å². The van der Waals surface area contributed by atoms with Gasteiger partial charge in [-0.3, -0.25) is 4.55 Å². The van der Waals surface area contributed by atoms with Crippen LogP contribution in [0.25, 0.3) is 0 Å². The number of hydrogen-bond donors (Lipinski definition) is 3. The van der Waals surface area contributed by atoms with Crippen molar-refractivity contribution in [2.45, 2.75) is 18.7 Å². The van der Waals surface area contributed by atoms with Gasteiger partial charge < -0.3 is 10.2 Å². The maximum atomic E-state index is 10.8. The second-order valence-corrected chi connectivity index (χ2v) is 6.22. The van der Waals surface area contributed by atoms with Gasteiger partial charge >= 0.3 is 11.9 Å². The number of carboxylic acid groups (broad SMARTS) is 2. The van der Waals surface area contributed by atoms with Crippen molar-refractivity contribution in [2.24, 2.45) is 0 Å². The number of carboxylic acids is 2. The van der Waals surface area contributed by atoms with Crippen LogP contribution in [0.3, 0.4) is 0 Å². The molecule has 0 atom stereocenters. The molecule has 0 saturated carbocycles. The monoisotopic (exact) mass is 352 g/mol. The van der Waals surface area contributed by atoms with Gasteiger partial charge in [-0.2, -0.15) is 8.42 Å². The maximum absolute atomic E-state index is 10.8. The van der Waals surface area contributed by atoms with E-state index in [0.29, 0.717) is 5.56 Å². The summed E-state index contributed by atoms with van der Waals surface area (Å²) in [6.45, 7) is 3.46. The van der Waals surface area contributed by atoms with Gasteiger partial charge in [0, 0.05) is 0 Å². The maximum Gasteiger partial charge on any atom is 0.336 e. The summed E-state index contributed by atoms with van der Waals surface area (Å²) in [6, 6.07) is 10.3. The molecule has 0 unspecified atom stereocenters. The highest BCUT2D eigenvalue weighted by Crippen LogP contribution is 2.17. The number of aryl methyl sites for hydroxylation is 1. The molecule has 2 aromatic rings.